The van der Waals surface area contributed by atoms with Gasteiger partial charge in [0.2, 0.25) is 5.91 Å². The zero-order valence-corrected chi connectivity index (χ0v) is 15.8. The van der Waals surface area contributed by atoms with Gasteiger partial charge in [0.1, 0.15) is 24.0 Å². The minimum absolute atomic E-state index is 0.0583. The number of nitrogens with one attached hydrogen (secondary N) is 2. The highest BCUT2D eigenvalue weighted by atomic mass is 19.1. The number of fused-ring (bicyclic) bond motifs is 1. The topological polar surface area (TPSA) is 93.3 Å². The average Bonchev–Trinajstić information content (AvgIpc) is 2.97. The Balaban J connectivity index is 1.53. The van der Waals surface area contributed by atoms with E-state index < -0.39 is 29.8 Å². The Morgan fingerprint density at radius 1 is 1.03 bits per heavy atom. The summed E-state index contributed by atoms with van der Waals surface area (Å²) in [4.78, 5) is 28.9. The van der Waals surface area contributed by atoms with Gasteiger partial charge in [-0.05, 0) is 37.3 Å². The third kappa shape index (κ3) is 4.17. The molecule has 1 amide bonds. The van der Waals surface area contributed by atoms with Crippen molar-refractivity contribution in [2.45, 2.75) is 13.5 Å². The summed E-state index contributed by atoms with van der Waals surface area (Å²) in [5.41, 5.74) is 1.31. The highest BCUT2D eigenvalue weighted by Gasteiger charge is 2.13. The molecule has 0 aliphatic heterocycles. The summed E-state index contributed by atoms with van der Waals surface area (Å²) < 4.78 is 28.6. The number of anilines is 3. The van der Waals surface area contributed by atoms with E-state index in [1.54, 1.807) is 6.07 Å². The summed E-state index contributed by atoms with van der Waals surface area (Å²) in [6.45, 7) is 1.54. The summed E-state index contributed by atoms with van der Waals surface area (Å²) in [5, 5.41) is 9.49. The van der Waals surface area contributed by atoms with Gasteiger partial charge >= 0.3 is 5.69 Å². The predicted molar refractivity (Wildman–Crippen MR) is 107 cm³/mol. The number of nitrogens with zero attached hydrogens (tertiary/aromatic N) is 4. The van der Waals surface area contributed by atoms with Gasteiger partial charge in [0.25, 0.3) is 5.78 Å². The van der Waals surface area contributed by atoms with Crippen LogP contribution in [0, 0.1) is 18.6 Å². The fraction of sp³-hybridized carbons (Fsp3) is 0.100. The van der Waals surface area contributed by atoms with E-state index >= 15 is 0 Å². The molecule has 4 rings (SSSR count). The van der Waals surface area contributed by atoms with E-state index in [-0.39, 0.29) is 11.5 Å². The van der Waals surface area contributed by atoms with Gasteiger partial charge in [-0.2, -0.15) is 4.98 Å². The molecule has 30 heavy (non-hydrogen) atoms. The maximum Gasteiger partial charge on any atom is 0.352 e. The third-order valence-electron chi connectivity index (χ3n) is 4.22. The van der Waals surface area contributed by atoms with Crippen LogP contribution in [0.2, 0.25) is 0 Å². The van der Waals surface area contributed by atoms with Gasteiger partial charge in [0.05, 0.1) is 0 Å². The van der Waals surface area contributed by atoms with Crippen LogP contribution in [0.15, 0.2) is 59.5 Å². The molecule has 152 valence electrons. The molecule has 0 fully saturated rings. The number of hydrogen-bond acceptors (Lipinski definition) is 5. The van der Waals surface area contributed by atoms with Gasteiger partial charge in [0, 0.05) is 23.6 Å². The zero-order valence-electron chi connectivity index (χ0n) is 15.8. The van der Waals surface area contributed by atoms with Crippen molar-refractivity contribution in [1.82, 2.24) is 19.2 Å². The van der Waals surface area contributed by atoms with Crippen LogP contribution in [-0.2, 0) is 11.3 Å². The lowest BCUT2D eigenvalue weighted by Gasteiger charge is -2.05. The van der Waals surface area contributed by atoms with E-state index in [2.05, 4.69) is 20.7 Å². The number of aromatic nitrogens is 4. The second-order valence-electron chi connectivity index (χ2n) is 6.62. The Hall–Kier alpha value is -4.08. The SMILES string of the molecule is Cc1ccc(Nc2ccn3c(=O)n(CC(=O)Nc4cc(F)cc(F)c4)nc3n2)cc1. The van der Waals surface area contributed by atoms with Crippen molar-refractivity contribution in [3.05, 3.63) is 82.4 Å². The van der Waals surface area contributed by atoms with Crippen molar-refractivity contribution in [3.8, 4) is 0 Å². The number of carbonyl (C=O) groups is 1. The fourth-order valence-corrected chi connectivity index (χ4v) is 2.83. The van der Waals surface area contributed by atoms with Gasteiger partial charge in [-0.3, -0.25) is 4.79 Å². The average molecular weight is 410 g/mol. The van der Waals surface area contributed by atoms with Crippen LogP contribution in [0.3, 0.4) is 0 Å². The summed E-state index contributed by atoms with van der Waals surface area (Å²) in [6.07, 6.45) is 1.49. The van der Waals surface area contributed by atoms with Crippen LogP contribution < -0.4 is 16.3 Å². The van der Waals surface area contributed by atoms with Crippen molar-refractivity contribution >= 4 is 28.9 Å². The molecular formula is C20H16F2N6O2. The van der Waals surface area contributed by atoms with Crippen molar-refractivity contribution in [2.75, 3.05) is 10.6 Å². The van der Waals surface area contributed by atoms with E-state index in [4.69, 9.17) is 0 Å². The first-order valence-electron chi connectivity index (χ1n) is 8.93. The van der Waals surface area contributed by atoms with E-state index in [1.165, 1.54) is 10.6 Å². The van der Waals surface area contributed by atoms with Gasteiger partial charge in [0.15, 0.2) is 0 Å². The Morgan fingerprint density at radius 2 is 1.73 bits per heavy atom. The van der Waals surface area contributed by atoms with E-state index in [0.717, 1.165) is 28.1 Å². The first kappa shape index (κ1) is 19.2. The van der Waals surface area contributed by atoms with Gasteiger partial charge in [-0.1, -0.05) is 17.7 Å². The van der Waals surface area contributed by atoms with Crippen LogP contribution in [0.4, 0.5) is 26.0 Å². The van der Waals surface area contributed by atoms with Crippen molar-refractivity contribution < 1.29 is 13.6 Å². The molecule has 0 spiro atoms. The molecule has 0 saturated heterocycles. The largest absolute Gasteiger partial charge is 0.352 e. The minimum Gasteiger partial charge on any atom is -0.340 e. The normalized spacial score (nSPS) is 10.9. The second-order valence-corrected chi connectivity index (χ2v) is 6.62. The molecule has 0 saturated carbocycles. The van der Waals surface area contributed by atoms with Crippen molar-refractivity contribution in [2.24, 2.45) is 0 Å². The Bertz CT molecular complexity index is 1280. The molecule has 2 N–H and O–H groups in total. The number of aryl methyl sites for hydroxylation is 1. The van der Waals surface area contributed by atoms with Gasteiger partial charge in [-0.25, -0.2) is 22.7 Å². The van der Waals surface area contributed by atoms with Crippen molar-refractivity contribution in [3.63, 3.8) is 0 Å². The molecule has 0 unspecified atom stereocenters. The smallest absolute Gasteiger partial charge is 0.340 e. The standard InChI is InChI=1S/C20H16F2N6O2/c1-12-2-4-15(5-3-12)23-17-6-7-27-19(25-17)26-28(20(27)30)11-18(29)24-16-9-13(21)8-14(22)10-16/h2-10H,11H2,1H3,(H,24,29)(H,23,25,26). The maximum absolute atomic E-state index is 13.2. The quantitative estimate of drug-likeness (QED) is 0.528. The third-order valence-corrected chi connectivity index (χ3v) is 4.22. The summed E-state index contributed by atoms with van der Waals surface area (Å²) >= 11 is 0. The van der Waals surface area contributed by atoms with Crippen molar-refractivity contribution in [1.29, 1.82) is 0 Å². The Kier molecular flexibility index (Phi) is 4.97. The van der Waals surface area contributed by atoms with Crippen LogP contribution in [0.1, 0.15) is 5.56 Å². The molecule has 0 atom stereocenters. The summed E-state index contributed by atoms with van der Waals surface area (Å²) in [7, 11) is 0. The molecule has 0 aliphatic carbocycles. The predicted octanol–water partition coefficient (Wildman–Crippen LogP) is 2.86. The Morgan fingerprint density at radius 3 is 2.43 bits per heavy atom. The minimum atomic E-state index is -0.826. The number of rotatable bonds is 5. The maximum atomic E-state index is 13.2. The molecule has 8 nitrogen and oxygen atoms in total. The van der Waals surface area contributed by atoms with E-state index in [9.17, 15) is 18.4 Å². The lowest BCUT2D eigenvalue weighted by atomic mass is 10.2. The van der Waals surface area contributed by atoms with E-state index in [0.29, 0.717) is 11.9 Å². The molecule has 2 heterocycles. The van der Waals surface area contributed by atoms with Gasteiger partial charge in [-0.15, -0.1) is 5.10 Å². The molecule has 2 aromatic heterocycles. The number of amides is 1. The summed E-state index contributed by atoms with van der Waals surface area (Å²) in [6, 6.07) is 11.9. The van der Waals surface area contributed by atoms with Crippen LogP contribution in [0.25, 0.3) is 5.78 Å². The lowest BCUT2D eigenvalue weighted by Crippen LogP contribution is -2.28. The highest BCUT2D eigenvalue weighted by Crippen LogP contribution is 2.15. The molecule has 2 aromatic carbocycles. The second kappa shape index (κ2) is 7.74. The van der Waals surface area contributed by atoms with Crippen LogP contribution in [0.5, 0.6) is 0 Å². The van der Waals surface area contributed by atoms with Crippen LogP contribution in [-0.4, -0.2) is 25.1 Å². The summed E-state index contributed by atoms with van der Waals surface area (Å²) in [5.74, 6) is -1.74. The molecule has 0 aliphatic rings. The zero-order chi connectivity index (χ0) is 21.3. The fourth-order valence-electron chi connectivity index (χ4n) is 2.83. The highest BCUT2D eigenvalue weighted by molar-refractivity contribution is 5.90. The van der Waals surface area contributed by atoms with E-state index in [1.807, 2.05) is 31.2 Å². The number of halogens is 2. The molecular weight excluding hydrogens is 394 g/mol. The number of carbonyl (C=O) groups excluding carboxylic acids is 1. The van der Waals surface area contributed by atoms with Gasteiger partial charge < -0.3 is 10.6 Å². The molecule has 0 radical (unpaired) electrons. The molecule has 0 bridgehead atoms. The first-order chi connectivity index (χ1) is 14.4. The Labute approximate surface area is 168 Å². The monoisotopic (exact) mass is 410 g/mol. The lowest BCUT2D eigenvalue weighted by molar-refractivity contribution is -0.117. The molecule has 4 aromatic rings. The number of benzene rings is 2. The molecule has 10 heteroatoms. The van der Waals surface area contributed by atoms with Crippen LogP contribution >= 0.6 is 0 Å². The number of hydrogen-bond donors (Lipinski definition) is 2. The first-order valence-corrected chi connectivity index (χ1v) is 8.93.